The minimum absolute atomic E-state index is 0. The average Bonchev–Trinajstić information content (AvgIpc) is 2.84. The van der Waals surface area contributed by atoms with Crippen LogP contribution < -0.4 is 0 Å². The molecule has 0 bridgehead atoms. The third kappa shape index (κ3) is 6.17. The standard InChI is InChI=1S/C6H12O3.C6H10O3.2CH4/c2*1-2-4-3-5(7)6(8)9-4;;/h4-8H,2-3H2,1H3;4-5,7H,2-3H2,1H3;2*1H4/t4-,5-,6?;4-,5-;;/m11../s1. The van der Waals surface area contributed by atoms with E-state index in [-0.39, 0.29) is 27.1 Å². The summed E-state index contributed by atoms with van der Waals surface area (Å²) in [6.45, 7) is 3.89. The molecular formula is C14H30O6. The maximum Gasteiger partial charge on any atom is 0.335 e. The summed E-state index contributed by atoms with van der Waals surface area (Å²) in [5.74, 6) is -0.471. The molecule has 0 radical (unpaired) electrons. The van der Waals surface area contributed by atoms with Crippen LogP contribution in [0.25, 0.3) is 0 Å². The van der Waals surface area contributed by atoms with Crippen molar-refractivity contribution in [2.24, 2.45) is 0 Å². The smallest absolute Gasteiger partial charge is 0.335 e. The Kier molecular flexibility index (Phi) is 10.9. The second-order valence-electron chi connectivity index (χ2n) is 4.58. The van der Waals surface area contributed by atoms with E-state index >= 15 is 0 Å². The fraction of sp³-hybridized carbons (Fsp3) is 0.929. The molecule has 1 unspecified atom stereocenters. The van der Waals surface area contributed by atoms with Gasteiger partial charge in [-0.05, 0) is 12.8 Å². The Morgan fingerprint density at radius 1 is 1.05 bits per heavy atom. The topological polar surface area (TPSA) is 96.2 Å². The van der Waals surface area contributed by atoms with Crippen molar-refractivity contribution >= 4 is 5.97 Å². The first kappa shape index (κ1) is 21.6. The van der Waals surface area contributed by atoms with Crippen molar-refractivity contribution in [1.29, 1.82) is 0 Å². The highest BCUT2D eigenvalue weighted by atomic mass is 16.6. The van der Waals surface area contributed by atoms with Gasteiger partial charge in [-0.1, -0.05) is 28.7 Å². The van der Waals surface area contributed by atoms with Gasteiger partial charge in [0.1, 0.15) is 12.2 Å². The zero-order valence-electron chi connectivity index (χ0n) is 10.8. The molecule has 6 nitrogen and oxygen atoms in total. The van der Waals surface area contributed by atoms with Crippen LogP contribution >= 0.6 is 0 Å². The molecule has 0 aromatic rings. The van der Waals surface area contributed by atoms with Crippen molar-refractivity contribution in [2.75, 3.05) is 0 Å². The third-order valence-corrected chi connectivity index (χ3v) is 3.12. The quantitative estimate of drug-likeness (QED) is 0.662. The van der Waals surface area contributed by atoms with Crippen LogP contribution in [0.15, 0.2) is 0 Å². The van der Waals surface area contributed by atoms with Gasteiger partial charge in [-0.25, -0.2) is 4.79 Å². The number of aliphatic hydroxyl groups excluding tert-OH is 3. The van der Waals surface area contributed by atoms with Gasteiger partial charge in [0.15, 0.2) is 12.4 Å². The summed E-state index contributed by atoms with van der Waals surface area (Å²) in [5, 5.41) is 26.6. The van der Waals surface area contributed by atoms with E-state index in [2.05, 4.69) is 0 Å². The highest BCUT2D eigenvalue weighted by molar-refractivity contribution is 5.76. The minimum atomic E-state index is -0.949. The molecule has 0 aliphatic carbocycles. The lowest BCUT2D eigenvalue weighted by atomic mass is 10.2. The summed E-state index contributed by atoms with van der Waals surface area (Å²) in [7, 11) is 0. The van der Waals surface area contributed by atoms with Gasteiger partial charge in [0.25, 0.3) is 0 Å². The van der Waals surface area contributed by atoms with E-state index in [1.165, 1.54) is 0 Å². The number of hydrogen-bond donors (Lipinski definition) is 3. The Balaban J connectivity index is 0. The van der Waals surface area contributed by atoms with Crippen LogP contribution in [0.5, 0.6) is 0 Å². The Morgan fingerprint density at radius 2 is 1.60 bits per heavy atom. The Morgan fingerprint density at radius 3 is 1.80 bits per heavy atom. The molecular weight excluding hydrogens is 264 g/mol. The molecule has 2 heterocycles. The predicted octanol–water partition coefficient (Wildman–Crippen LogP) is 1.21. The van der Waals surface area contributed by atoms with Crippen LogP contribution in [0, 0.1) is 0 Å². The summed E-state index contributed by atoms with van der Waals surface area (Å²) in [6, 6.07) is 0. The number of esters is 1. The van der Waals surface area contributed by atoms with Crippen LogP contribution in [-0.4, -0.2) is 52.0 Å². The van der Waals surface area contributed by atoms with Crippen LogP contribution in [0.2, 0.25) is 0 Å². The molecule has 0 aromatic carbocycles. The monoisotopic (exact) mass is 294 g/mol. The molecule has 0 amide bonds. The summed E-state index contributed by atoms with van der Waals surface area (Å²) in [6.07, 6.45) is 0.201. The first-order valence-electron chi connectivity index (χ1n) is 6.38. The van der Waals surface area contributed by atoms with Crippen molar-refractivity contribution in [2.45, 2.75) is 85.1 Å². The first-order valence-corrected chi connectivity index (χ1v) is 6.38. The second kappa shape index (κ2) is 10.1. The molecule has 5 atom stereocenters. The minimum Gasteiger partial charge on any atom is -0.460 e. The van der Waals surface area contributed by atoms with Crippen molar-refractivity contribution in [1.82, 2.24) is 0 Å². The van der Waals surface area contributed by atoms with Gasteiger partial charge in [-0.15, -0.1) is 0 Å². The highest BCUT2D eigenvalue weighted by Gasteiger charge is 2.31. The number of rotatable bonds is 2. The van der Waals surface area contributed by atoms with Crippen LogP contribution in [0.4, 0.5) is 0 Å². The fourth-order valence-corrected chi connectivity index (χ4v) is 1.88. The van der Waals surface area contributed by atoms with Gasteiger partial charge >= 0.3 is 5.97 Å². The maximum absolute atomic E-state index is 10.5. The van der Waals surface area contributed by atoms with E-state index in [0.717, 1.165) is 12.8 Å². The van der Waals surface area contributed by atoms with Crippen LogP contribution in [0.3, 0.4) is 0 Å². The van der Waals surface area contributed by atoms with Gasteiger partial charge < -0.3 is 24.8 Å². The van der Waals surface area contributed by atoms with E-state index in [0.29, 0.717) is 12.8 Å². The summed E-state index contributed by atoms with van der Waals surface area (Å²) >= 11 is 0. The number of aliphatic hydroxyl groups is 3. The highest BCUT2D eigenvalue weighted by Crippen LogP contribution is 2.20. The maximum atomic E-state index is 10.5. The summed E-state index contributed by atoms with van der Waals surface area (Å²) in [5.41, 5.74) is 0. The van der Waals surface area contributed by atoms with Crippen molar-refractivity contribution in [3.05, 3.63) is 0 Å². The Labute approximate surface area is 121 Å². The van der Waals surface area contributed by atoms with E-state index < -0.39 is 24.5 Å². The lowest BCUT2D eigenvalue weighted by Gasteiger charge is -2.05. The van der Waals surface area contributed by atoms with E-state index in [1.54, 1.807) is 0 Å². The summed E-state index contributed by atoms with van der Waals surface area (Å²) < 4.78 is 9.66. The second-order valence-corrected chi connectivity index (χ2v) is 4.58. The van der Waals surface area contributed by atoms with Crippen LogP contribution in [-0.2, 0) is 14.3 Å². The number of hydrogen-bond acceptors (Lipinski definition) is 6. The largest absolute Gasteiger partial charge is 0.460 e. The molecule has 3 N–H and O–H groups in total. The molecule has 2 saturated heterocycles. The predicted molar refractivity (Wildman–Crippen MR) is 76.1 cm³/mol. The van der Waals surface area contributed by atoms with Gasteiger partial charge in [0.05, 0.1) is 6.10 Å². The molecule has 2 aliphatic rings. The number of ether oxygens (including phenoxy) is 2. The van der Waals surface area contributed by atoms with E-state index in [4.69, 9.17) is 24.8 Å². The molecule has 2 fully saturated rings. The van der Waals surface area contributed by atoms with E-state index in [9.17, 15) is 4.79 Å². The zero-order chi connectivity index (χ0) is 13.7. The molecule has 2 aliphatic heterocycles. The van der Waals surface area contributed by atoms with Crippen molar-refractivity contribution < 1.29 is 29.6 Å². The lowest BCUT2D eigenvalue weighted by molar-refractivity contribution is -0.147. The Hall–Kier alpha value is -0.690. The molecule has 20 heavy (non-hydrogen) atoms. The molecule has 0 saturated carbocycles. The fourth-order valence-electron chi connectivity index (χ4n) is 1.88. The average molecular weight is 294 g/mol. The zero-order valence-corrected chi connectivity index (χ0v) is 10.8. The van der Waals surface area contributed by atoms with Gasteiger partial charge in [-0.2, -0.15) is 0 Å². The molecule has 122 valence electrons. The van der Waals surface area contributed by atoms with Gasteiger partial charge in [0.2, 0.25) is 0 Å². The molecule has 2 rings (SSSR count). The van der Waals surface area contributed by atoms with Gasteiger partial charge in [-0.3, -0.25) is 0 Å². The van der Waals surface area contributed by atoms with Crippen molar-refractivity contribution in [3.63, 3.8) is 0 Å². The Bertz CT molecular complexity index is 260. The van der Waals surface area contributed by atoms with Crippen molar-refractivity contribution in [3.8, 4) is 0 Å². The number of carbonyl (C=O) groups is 1. The summed E-state index contributed by atoms with van der Waals surface area (Å²) in [4.78, 5) is 10.5. The SMILES string of the molecule is C.C.CC[C@@H]1C[C@@H](O)C(=O)O1.CC[C@@H]1C[C@@H](O)C(O)O1. The lowest BCUT2D eigenvalue weighted by Crippen LogP contribution is -2.19. The number of carbonyl (C=O) groups excluding carboxylic acids is 1. The van der Waals surface area contributed by atoms with Gasteiger partial charge in [0, 0.05) is 12.8 Å². The molecule has 0 aromatic heterocycles. The normalized spacial score (nSPS) is 35.2. The molecule has 6 heteroatoms. The van der Waals surface area contributed by atoms with Crippen LogP contribution in [0.1, 0.15) is 54.4 Å². The first-order chi connectivity index (χ1) is 8.47. The van der Waals surface area contributed by atoms with E-state index in [1.807, 2.05) is 13.8 Å². The number of cyclic esters (lactones) is 1. The molecule has 0 spiro atoms. The third-order valence-electron chi connectivity index (χ3n) is 3.12.